The molecule has 1 aliphatic heterocycles. The molecule has 2 aromatic carbocycles. The van der Waals surface area contributed by atoms with Gasteiger partial charge in [0.2, 0.25) is 5.91 Å². The van der Waals surface area contributed by atoms with Crippen molar-refractivity contribution in [3.8, 4) is 5.75 Å². The number of aryl methyl sites for hydroxylation is 1. The second-order valence-corrected chi connectivity index (χ2v) is 7.33. The Morgan fingerprint density at radius 1 is 1.22 bits per heavy atom. The summed E-state index contributed by atoms with van der Waals surface area (Å²) in [5.41, 5.74) is 3.45. The van der Waals surface area contributed by atoms with Gasteiger partial charge in [0, 0.05) is 6.61 Å². The van der Waals surface area contributed by atoms with Crippen LogP contribution >= 0.6 is 0 Å². The quantitative estimate of drug-likeness (QED) is 0.771. The number of nitrogens with one attached hydrogen (secondary N) is 1. The van der Waals surface area contributed by atoms with Crippen LogP contribution in [0.2, 0.25) is 0 Å². The lowest BCUT2D eigenvalue weighted by Gasteiger charge is -2.23. The van der Waals surface area contributed by atoms with Crippen LogP contribution in [0.5, 0.6) is 5.75 Å². The zero-order valence-corrected chi connectivity index (χ0v) is 16.2. The first-order valence-electron chi connectivity index (χ1n) is 9.79. The highest BCUT2D eigenvalue weighted by Crippen LogP contribution is 2.20. The fourth-order valence-electron chi connectivity index (χ4n) is 3.38. The Bertz CT molecular complexity index is 736. The highest BCUT2D eigenvalue weighted by atomic mass is 16.5. The summed E-state index contributed by atoms with van der Waals surface area (Å²) in [4.78, 5) is 12.2. The first-order valence-corrected chi connectivity index (χ1v) is 9.79. The molecule has 1 fully saturated rings. The minimum absolute atomic E-state index is 0.0353. The third-order valence-corrected chi connectivity index (χ3v) is 4.93. The van der Waals surface area contributed by atoms with Crippen LogP contribution in [0.1, 0.15) is 55.3 Å². The largest absolute Gasteiger partial charge is 0.489 e. The minimum Gasteiger partial charge on any atom is -0.489 e. The summed E-state index contributed by atoms with van der Waals surface area (Å²) in [6.45, 7) is 5.41. The predicted molar refractivity (Wildman–Crippen MR) is 107 cm³/mol. The van der Waals surface area contributed by atoms with E-state index in [1.165, 1.54) is 5.56 Å². The van der Waals surface area contributed by atoms with Crippen molar-refractivity contribution in [1.82, 2.24) is 5.32 Å². The maximum Gasteiger partial charge on any atom is 0.223 e. The number of hydrogen-bond donors (Lipinski definition) is 1. The van der Waals surface area contributed by atoms with E-state index in [9.17, 15) is 4.79 Å². The molecule has 2 aromatic rings. The molecule has 1 heterocycles. The second-order valence-electron chi connectivity index (χ2n) is 7.33. The Balaban J connectivity index is 1.47. The van der Waals surface area contributed by atoms with Crippen LogP contribution in [0.3, 0.4) is 0 Å². The average Bonchev–Trinajstić information content (AvgIpc) is 2.67. The van der Waals surface area contributed by atoms with Gasteiger partial charge in [-0.15, -0.1) is 0 Å². The summed E-state index contributed by atoms with van der Waals surface area (Å²) in [6.07, 6.45) is 3.75. The fraction of sp³-hybridized carbons (Fsp3) is 0.435. The van der Waals surface area contributed by atoms with Gasteiger partial charge in [-0.05, 0) is 56.4 Å². The third-order valence-electron chi connectivity index (χ3n) is 4.93. The lowest BCUT2D eigenvalue weighted by molar-refractivity contribution is -0.125. The summed E-state index contributed by atoms with van der Waals surface area (Å²) < 4.78 is 11.5. The monoisotopic (exact) mass is 367 g/mol. The summed E-state index contributed by atoms with van der Waals surface area (Å²) in [7, 11) is 0. The second kappa shape index (κ2) is 9.56. The van der Waals surface area contributed by atoms with Crippen molar-refractivity contribution in [2.75, 3.05) is 6.61 Å². The molecule has 2 unspecified atom stereocenters. The van der Waals surface area contributed by atoms with E-state index in [1.54, 1.807) is 0 Å². The molecule has 0 saturated carbocycles. The highest BCUT2D eigenvalue weighted by Gasteiger charge is 2.19. The zero-order chi connectivity index (χ0) is 19.1. The first-order chi connectivity index (χ1) is 13.1. The van der Waals surface area contributed by atoms with E-state index in [0.29, 0.717) is 13.0 Å². The molecule has 1 aliphatic rings. The van der Waals surface area contributed by atoms with E-state index >= 15 is 0 Å². The van der Waals surface area contributed by atoms with E-state index in [0.717, 1.165) is 42.7 Å². The lowest BCUT2D eigenvalue weighted by atomic mass is 10.0. The molecule has 27 heavy (non-hydrogen) atoms. The van der Waals surface area contributed by atoms with Crippen LogP contribution in [0.25, 0.3) is 0 Å². The molecule has 1 saturated heterocycles. The Labute approximate surface area is 161 Å². The Morgan fingerprint density at radius 2 is 2.04 bits per heavy atom. The van der Waals surface area contributed by atoms with Gasteiger partial charge in [-0.3, -0.25) is 4.79 Å². The van der Waals surface area contributed by atoms with Crippen molar-refractivity contribution >= 4 is 5.91 Å². The maximum atomic E-state index is 12.2. The molecule has 0 radical (unpaired) electrons. The Morgan fingerprint density at radius 3 is 2.74 bits per heavy atom. The van der Waals surface area contributed by atoms with Gasteiger partial charge in [-0.2, -0.15) is 0 Å². The van der Waals surface area contributed by atoms with E-state index in [-0.39, 0.29) is 18.1 Å². The molecular formula is C23H29NO3. The van der Waals surface area contributed by atoms with E-state index in [4.69, 9.17) is 9.47 Å². The molecule has 2 atom stereocenters. The van der Waals surface area contributed by atoms with Gasteiger partial charge in [0.15, 0.2) is 0 Å². The molecule has 0 bridgehead atoms. The highest BCUT2D eigenvalue weighted by molar-refractivity contribution is 5.76. The van der Waals surface area contributed by atoms with Gasteiger partial charge >= 0.3 is 0 Å². The molecule has 1 amide bonds. The van der Waals surface area contributed by atoms with E-state index < -0.39 is 0 Å². The topological polar surface area (TPSA) is 47.6 Å². The smallest absolute Gasteiger partial charge is 0.223 e. The van der Waals surface area contributed by atoms with Crippen LogP contribution in [0.4, 0.5) is 0 Å². The summed E-state index contributed by atoms with van der Waals surface area (Å²) in [5, 5.41) is 3.07. The number of carbonyl (C=O) groups is 1. The average molecular weight is 367 g/mol. The molecule has 3 rings (SSSR count). The first kappa shape index (κ1) is 19.4. The van der Waals surface area contributed by atoms with Crippen LogP contribution in [-0.2, 0) is 16.1 Å². The van der Waals surface area contributed by atoms with Crippen LogP contribution in [-0.4, -0.2) is 18.6 Å². The number of amides is 1. The van der Waals surface area contributed by atoms with Gasteiger partial charge in [0.1, 0.15) is 12.4 Å². The van der Waals surface area contributed by atoms with E-state index in [1.807, 2.05) is 37.3 Å². The molecule has 0 spiro atoms. The van der Waals surface area contributed by atoms with Crippen molar-refractivity contribution < 1.29 is 14.3 Å². The van der Waals surface area contributed by atoms with Gasteiger partial charge in [-0.25, -0.2) is 0 Å². The lowest BCUT2D eigenvalue weighted by Crippen LogP contribution is -2.32. The Hall–Kier alpha value is -2.33. The van der Waals surface area contributed by atoms with Crippen molar-refractivity contribution in [3.05, 3.63) is 65.2 Å². The normalized spacial score (nSPS) is 17.9. The molecular weight excluding hydrogens is 338 g/mol. The molecule has 144 valence electrons. The van der Waals surface area contributed by atoms with Gasteiger partial charge in [-0.1, -0.05) is 42.0 Å². The van der Waals surface area contributed by atoms with Crippen LogP contribution < -0.4 is 10.1 Å². The van der Waals surface area contributed by atoms with Crippen molar-refractivity contribution in [2.45, 2.75) is 58.3 Å². The molecule has 0 aliphatic carbocycles. The number of ether oxygens (including phenoxy) is 2. The fourth-order valence-corrected chi connectivity index (χ4v) is 3.38. The summed E-state index contributed by atoms with van der Waals surface area (Å²) >= 11 is 0. The summed E-state index contributed by atoms with van der Waals surface area (Å²) in [6, 6.07) is 16.2. The third kappa shape index (κ3) is 6.10. The SMILES string of the molecule is Cc1cccc(COc2ccc(C(C)NC(=O)CC3CCCCO3)cc2)c1. The van der Waals surface area contributed by atoms with Crippen molar-refractivity contribution in [2.24, 2.45) is 0 Å². The molecule has 1 N–H and O–H groups in total. The Kier molecular flexibility index (Phi) is 6.88. The standard InChI is InChI=1S/C23H29NO3/c1-17-6-5-7-19(14-17)16-27-21-11-9-20(10-12-21)18(2)24-23(25)15-22-8-3-4-13-26-22/h5-7,9-12,14,18,22H,3-4,8,13,15-16H2,1-2H3,(H,24,25). The molecule has 4 heteroatoms. The summed E-state index contributed by atoms with van der Waals surface area (Å²) in [5.74, 6) is 0.878. The molecule has 4 nitrogen and oxygen atoms in total. The number of carbonyl (C=O) groups excluding carboxylic acids is 1. The predicted octanol–water partition coefficient (Wildman–Crippen LogP) is 4.71. The van der Waals surface area contributed by atoms with Gasteiger partial charge in [0.25, 0.3) is 0 Å². The van der Waals surface area contributed by atoms with Crippen molar-refractivity contribution in [3.63, 3.8) is 0 Å². The van der Waals surface area contributed by atoms with Gasteiger partial charge in [0.05, 0.1) is 18.6 Å². The number of rotatable bonds is 7. The number of benzene rings is 2. The minimum atomic E-state index is -0.0353. The van der Waals surface area contributed by atoms with Gasteiger partial charge < -0.3 is 14.8 Å². The molecule has 0 aromatic heterocycles. The van der Waals surface area contributed by atoms with Crippen LogP contribution in [0.15, 0.2) is 48.5 Å². The van der Waals surface area contributed by atoms with E-state index in [2.05, 4.69) is 30.4 Å². The zero-order valence-electron chi connectivity index (χ0n) is 16.2. The van der Waals surface area contributed by atoms with Crippen molar-refractivity contribution in [1.29, 1.82) is 0 Å². The maximum absolute atomic E-state index is 12.2. The van der Waals surface area contributed by atoms with Crippen LogP contribution in [0, 0.1) is 6.92 Å². The number of hydrogen-bond acceptors (Lipinski definition) is 3.